The van der Waals surface area contributed by atoms with Gasteiger partial charge in [0.2, 0.25) is 0 Å². The third-order valence-electron chi connectivity index (χ3n) is 5.88. The lowest BCUT2D eigenvalue weighted by molar-refractivity contribution is 0.164. The highest BCUT2D eigenvalue weighted by Crippen LogP contribution is 2.31. The molecular formula is C21H29N5O. The smallest absolute Gasteiger partial charge is 0.317 e. The van der Waals surface area contributed by atoms with Crippen molar-refractivity contribution in [1.82, 2.24) is 20.0 Å². The molecule has 0 saturated carbocycles. The molecule has 0 bridgehead atoms. The van der Waals surface area contributed by atoms with Crippen LogP contribution < -0.4 is 10.2 Å². The highest BCUT2D eigenvalue weighted by molar-refractivity contribution is 5.74. The van der Waals surface area contributed by atoms with Gasteiger partial charge in [-0.05, 0) is 49.8 Å². The first-order valence-corrected chi connectivity index (χ1v) is 10.1. The van der Waals surface area contributed by atoms with Crippen molar-refractivity contribution in [3.05, 3.63) is 48.3 Å². The summed E-state index contributed by atoms with van der Waals surface area (Å²) in [4.78, 5) is 16.9. The van der Waals surface area contributed by atoms with Crippen LogP contribution in [-0.2, 0) is 13.0 Å². The van der Waals surface area contributed by atoms with Crippen LogP contribution in [0.1, 0.15) is 25.3 Å². The lowest BCUT2D eigenvalue weighted by atomic mass is 9.97. The molecule has 2 aliphatic rings. The Bertz CT molecular complexity index is 752. The average molecular weight is 367 g/mol. The van der Waals surface area contributed by atoms with Gasteiger partial charge in [0.1, 0.15) is 0 Å². The van der Waals surface area contributed by atoms with Gasteiger partial charge in [0, 0.05) is 56.8 Å². The number of hydrogen-bond acceptors (Lipinski definition) is 3. The number of rotatable bonds is 5. The summed E-state index contributed by atoms with van der Waals surface area (Å²) in [7, 11) is 0. The number of urea groups is 1. The van der Waals surface area contributed by atoms with E-state index in [2.05, 4.69) is 46.5 Å². The molecule has 2 aliphatic heterocycles. The lowest BCUT2D eigenvalue weighted by Gasteiger charge is -2.32. The molecule has 27 heavy (non-hydrogen) atoms. The number of amides is 2. The number of anilines is 1. The zero-order valence-corrected chi connectivity index (χ0v) is 16.1. The number of nitrogens with one attached hydrogen (secondary N) is 1. The second-order valence-corrected chi connectivity index (χ2v) is 7.77. The maximum Gasteiger partial charge on any atom is 0.317 e. The van der Waals surface area contributed by atoms with Crippen LogP contribution in [0.2, 0.25) is 0 Å². The Morgan fingerprint density at radius 1 is 1.22 bits per heavy atom. The van der Waals surface area contributed by atoms with Gasteiger partial charge in [0.25, 0.3) is 0 Å². The summed E-state index contributed by atoms with van der Waals surface area (Å²) in [5, 5.41) is 7.40. The molecule has 0 spiro atoms. The van der Waals surface area contributed by atoms with Gasteiger partial charge in [0.05, 0.1) is 0 Å². The molecule has 144 valence electrons. The van der Waals surface area contributed by atoms with Crippen LogP contribution in [0.15, 0.2) is 42.7 Å². The maximum absolute atomic E-state index is 12.5. The van der Waals surface area contributed by atoms with Crippen LogP contribution in [0.4, 0.5) is 10.5 Å². The van der Waals surface area contributed by atoms with Crippen molar-refractivity contribution in [1.29, 1.82) is 0 Å². The minimum atomic E-state index is 0.0766. The van der Waals surface area contributed by atoms with Crippen molar-refractivity contribution in [2.45, 2.75) is 38.8 Å². The van der Waals surface area contributed by atoms with E-state index in [1.54, 1.807) is 0 Å². The number of hydrogen-bond donors (Lipinski definition) is 1. The molecule has 1 unspecified atom stereocenters. The van der Waals surface area contributed by atoms with Crippen molar-refractivity contribution < 1.29 is 4.79 Å². The van der Waals surface area contributed by atoms with E-state index in [0.717, 1.165) is 45.4 Å². The Morgan fingerprint density at radius 2 is 2.04 bits per heavy atom. The fraction of sp³-hybridized carbons (Fsp3) is 0.524. The molecule has 6 heteroatoms. The van der Waals surface area contributed by atoms with E-state index >= 15 is 0 Å². The first kappa shape index (κ1) is 17.9. The molecule has 1 saturated heterocycles. The van der Waals surface area contributed by atoms with E-state index in [9.17, 15) is 4.79 Å². The highest BCUT2D eigenvalue weighted by Gasteiger charge is 2.26. The number of fused-ring (bicyclic) bond motifs is 1. The Hall–Kier alpha value is -2.50. The minimum absolute atomic E-state index is 0.0766. The number of carbonyl (C=O) groups is 1. The molecule has 4 rings (SSSR count). The predicted octanol–water partition coefficient (Wildman–Crippen LogP) is 2.76. The van der Waals surface area contributed by atoms with Gasteiger partial charge in [-0.3, -0.25) is 4.68 Å². The van der Waals surface area contributed by atoms with Gasteiger partial charge >= 0.3 is 6.03 Å². The lowest BCUT2D eigenvalue weighted by Crippen LogP contribution is -2.47. The Morgan fingerprint density at radius 3 is 2.81 bits per heavy atom. The topological polar surface area (TPSA) is 53.4 Å². The monoisotopic (exact) mass is 367 g/mol. The van der Waals surface area contributed by atoms with Gasteiger partial charge in [-0.25, -0.2) is 4.79 Å². The first-order chi connectivity index (χ1) is 13.2. The fourth-order valence-corrected chi connectivity index (χ4v) is 4.36. The molecule has 1 atom stereocenters. The van der Waals surface area contributed by atoms with E-state index in [4.69, 9.17) is 0 Å². The number of benzene rings is 1. The Kier molecular flexibility index (Phi) is 5.32. The third-order valence-corrected chi connectivity index (χ3v) is 5.88. The summed E-state index contributed by atoms with van der Waals surface area (Å²) in [5.41, 5.74) is 2.73. The van der Waals surface area contributed by atoms with E-state index in [1.165, 1.54) is 11.3 Å². The molecule has 2 aromatic rings. The Balaban J connectivity index is 1.20. The van der Waals surface area contributed by atoms with Crippen molar-refractivity contribution in [3.8, 4) is 0 Å². The third kappa shape index (κ3) is 4.10. The molecule has 3 heterocycles. The summed E-state index contributed by atoms with van der Waals surface area (Å²) in [6, 6.07) is 11.1. The SMILES string of the molecule is CC1Cc2ccccc2N1CCNC(=O)N1CCC(Cn2cccn2)CC1. The molecule has 1 fully saturated rings. The van der Waals surface area contributed by atoms with E-state index < -0.39 is 0 Å². The standard InChI is InChI=1S/C21H29N5O/c1-17-15-19-5-2-3-6-20(19)26(17)14-10-22-21(27)24-12-7-18(8-13-24)16-25-11-4-9-23-25/h2-6,9,11,17-18H,7-8,10,12-16H2,1H3,(H,22,27). The molecule has 1 aromatic heterocycles. The van der Waals surface area contributed by atoms with Gasteiger partial charge in [-0.1, -0.05) is 18.2 Å². The second-order valence-electron chi connectivity index (χ2n) is 7.77. The first-order valence-electron chi connectivity index (χ1n) is 10.1. The van der Waals surface area contributed by atoms with Crippen LogP contribution >= 0.6 is 0 Å². The van der Waals surface area contributed by atoms with Gasteiger partial charge in [0.15, 0.2) is 0 Å². The molecular weight excluding hydrogens is 338 g/mol. The fourth-order valence-electron chi connectivity index (χ4n) is 4.36. The summed E-state index contributed by atoms with van der Waals surface area (Å²) >= 11 is 0. The zero-order chi connectivity index (χ0) is 18.6. The molecule has 6 nitrogen and oxygen atoms in total. The number of nitrogens with zero attached hydrogens (tertiary/aromatic N) is 4. The van der Waals surface area contributed by atoms with Gasteiger partial charge in [-0.2, -0.15) is 5.10 Å². The largest absolute Gasteiger partial charge is 0.367 e. The number of likely N-dealkylation sites (tertiary alicyclic amines) is 1. The van der Waals surface area contributed by atoms with Gasteiger partial charge in [-0.15, -0.1) is 0 Å². The molecule has 0 radical (unpaired) electrons. The number of para-hydroxylation sites is 1. The van der Waals surface area contributed by atoms with Crippen LogP contribution in [0.3, 0.4) is 0 Å². The number of carbonyl (C=O) groups excluding carboxylic acids is 1. The van der Waals surface area contributed by atoms with Crippen molar-refractivity contribution in [2.24, 2.45) is 5.92 Å². The van der Waals surface area contributed by atoms with E-state index in [0.29, 0.717) is 18.5 Å². The van der Waals surface area contributed by atoms with Crippen molar-refractivity contribution >= 4 is 11.7 Å². The van der Waals surface area contributed by atoms with E-state index in [1.807, 2.05) is 28.0 Å². The average Bonchev–Trinajstić information content (AvgIpc) is 3.30. The zero-order valence-electron chi connectivity index (χ0n) is 16.1. The van der Waals surface area contributed by atoms with Crippen LogP contribution in [0.25, 0.3) is 0 Å². The minimum Gasteiger partial charge on any atom is -0.367 e. The van der Waals surface area contributed by atoms with Crippen molar-refractivity contribution in [2.75, 3.05) is 31.1 Å². The van der Waals surface area contributed by atoms with Crippen LogP contribution in [-0.4, -0.2) is 52.9 Å². The van der Waals surface area contributed by atoms with Crippen LogP contribution in [0.5, 0.6) is 0 Å². The summed E-state index contributed by atoms with van der Waals surface area (Å²) < 4.78 is 2.00. The maximum atomic E-state index is 12.5. The van der Waals surface area contributed by atoms with E-state index in [-0.39, 0.29) is 6.03 Å². The number of aromatic nitrogens is 2. The highest BCUT2D eigenvalue weighted by atomic mass is 16.2. The van der Waals surface area contributed by atoms with Crippen molar-refractivity contribution in [3.63, 3.8) is 0 Å². The Labute approximate surface area is 161 Å². The number of piperidine rings is 1. The second kappa shape index (κ2) is 8.03. The summed E-state index contributed by atoms with van der Waals surface area (Å²) in [6.07, 6.45) is 7.01. The molecule has 1 aromatic carbocycles. The predicted molar refractivity (Wildman–Crippen MR) is 107 cm³/mol. The molecule has 0 aliphatic carbocycles. The summed E-state index contributed by atoms with van der Waals surface area (Å²) in [6.45, 7) is 6.42. The summed E-state index contributed by atoms with van der Waals surface area (Å²) in [5.74, 6) is 0.607. The quantitative estimate of drug-likeness (QED) is 0.884. The van der Waals surface area contributed by atoms with Crippen LogP contribution in [0, 0.1) is 5.92 Å². The normalized spacial score (nSPS) is 20.0. The van der Waals surface area contributed by atoms with Gasteiger partial charge < -0.3 is 15.1 Å². The molecule has 2 amide bonds. The molecule has 1 N–H and O–H groups in total.